The molecular weight excluding hydrogens is 308 g/mol. The Labute approximate surface area is 150 Å². The summed E-state index contributed by atoms with van der Waals surface area (Å²) in [5.74, 6) is 0.959. The molecule has 25 heavy (non-hydrogen) atoms. The van der Waals surface area contributed by atoms with E-state index in [0.717, 1.165) is 19.5 Å². The largest absolute Gasteiger partial charge is 0.342 e. The third-order valence-corrected chi connectivity index (χ3v) is 5.43. The topological polar surface area (TPSA) is 46.3 Å². The normalized spacial score (nSPS) is 20.0. The summed E-state index contributed by atoms with van der Waals surface area (Å²) in [5, 5.41) is 0. The van der Waals surface area contributed by atoms with Crippen LogP contribution < -0.4 is 5.73 Å². The second kappa shape index (κ2) is 7.83. The minimum Gasteiger partial charge on any atom is -0.342 e. The fraction of sp³-hybridized carbons (Fsp3) is 0.409. The molecule has 1 saturated heterocycles. The number of likely N-dealkylation sites (tertiary alicyclic amines) is 1. The molecule has 2 atom stereocenters. The third kappa shape index (κ3) is 4.10. The first-order valence-corrected chi connectivity index (χ1v) is 9.17. The fourth-order valence-electron chi connectivity index (χ4n) is 3.92. The predicted octanol–water partition coefficient (Wildman–Crippen LogP) is 3.44. The second-order valence-corrected chi connectivity index (χ2v) is 7.24. The monoisotopic (exact) mass is 336 g/mol. The average molecular weight is 336 g/mol. The zero-order valence-corrected chi connectivity index (χ0v) is 15.2. The lowest BCUT2D eigenvalue weighted by Crippen LogP contribution is -2.30. The lowest BCUT2D eigenvalue weighted by atomic mass is 9.89. The molecule has 132 valence electrons. The molecule has 0 saturated carbocycles. The van der Waals surface area contributed by atoms with Crippen LogP contribution in [-0.2, 0) is 11.2 Å². The lowest BCUT2D eigenvalue weighted by molar-refractivity contribution is -0.130. The third-order valence-electron chi connectivity index (χ3n) is 5.43. The van der Waals surface area contributed by atoms with Gasteiger partial charge in [0.15, 0.2) is 0 Å². The van der Waals surface area contributed by atoms with Crippen LogP contribution in [0.1, 0.15) is 34.6 Å². The zero-order valence-electron chi connectivity index (χ0n) is 15.2. The molecule has 0 unspecified atom stereocenters. The van der Waals surface area contributed by atoms with Crippen molar-refractivity contribution >= 4 is 5.91 Å². The SMILES string of the molecule is Cc1ccc(CCC(=O)N2C[C@@H](CN)[C@H](c3ccccc3)C2)c(C)c1. The molecule has 3 nitrogen and oxygen atoms in total. The Kier molecular flexibility index (Phi) is 5.54. The van der Waals surface area contributed by atoms with Gasteiger partial charge in [-0.05, 0) is 49.4 Å². The second-order valence-electron chi connectivity index (χ2n) is 7.24. The van der Waals surface area contributed by atoms with Crippen LogP contribution in [0.4, 0.5) is 0 Å². The van der Waals surface area contributed by atoms with Gasteiger partial charge in [-0.15, -0.1) is 0 Å². The van der Waals surface area contributed by atoms with E-state index in [2.05, 4.69) is 56.3 Å². The Morgan fingerprint density at radius 2 is 1.88 bits per heavy atom. The van der Waals surface area contributed by atoms with Gasteiger partial charge in [0.05, 0.1) is 0 Å². The number of carbonyl (C=O) groups is 1. The van der Waals surface area contributed by atoms with Gasteiger partial charge in [-0.25, -0.2) is 0 Å². The van der Waals surface area contributed by atoms with E-state index in [1.165, 1.54) is 22.3 Å². The van der Waals surface area contributed by atoms with E-state index >= 15 is 0 Å². The summed E-state index contributed by atoms with van der Waals surface area (Å²) in [5.41, 5.74) is 11.1. The van der Waals surface area contributed by atoms with Gasteiger partial charge in [0.2, 0.25) is 5.91 Å². The van der Waals surface area contributed by atoms with Crippen molar-refractivity contribution in [3.8, 4) is 0 Å². The molecule has 0 aromatic heterocycles. The summed E-state index contributed by atoms with van der Waals surface area (Å²) in [7, 11) is 0. The molecule has 3 rings (SSSR count). The van der Waals surface area contributed by atoms with Crippen molar-refractivity contribution in [2.75, 3.05) is 19.6 Å². The van der Waals surface area contributed by atoms with Gasteiger partial charge in [0.1, 0.15) is 0 Å². The van der Waals surface area contributed by atoms with Crippen LogP contribution in [0, 0.1) is 19.8 Å². The van der Waals surface area contributed by atoms with Crippen molar-refractivity contribution in [3.05, 3.63) is 70.8 Å². The summed E-state index contributed by atoms with van der Waals surface area (Å²) in [6.45, 7) is 6.42. The molecule has 2 aromatic rings. The summed E-state index contributed by atoms with van der Waals surface area (Å²) in [6.07, 6.45) is 1.38. The van der Waals surface area contributed by atoms with Crippen LogP contribution >= 0.6 is 0 Å². The molecule has 1 amide bonds. The molecule has 1 fully saturated rings. The van der Waals surface area contributed by atoms with Crippen molar-refractivity contribution in [3.63, 3.8) is 0 Å². The minimum atomic E-state index is 0.247. The Balaban J connectivity index is 1.63. The van der Waals surface area contributed by atoms with Gasteiger partial charge in [0, 0.05) is 25.4 Å². The van der Waals surface area contributed by atoms with Crippen LogP contribution in [-0.4, -0.2) is 30.4 Å². The van der Waals surface area contributed by atoms with E-state index in [1.54, 1.807) is 0 Å². The highest BCUT2D eigenvalue weighted by Crippen LogP contribution is 2.32. The number of nitrogens with two attached hydrogens (primary N) is 1. The maximum absolute atomic E-state index is 12.7. The highest BCUT2D eigenvalue weighted by Gasteiger charge is 2.34. The number of rotatable bonds is 5. The molecule has 0 bridgehead atoms. The van der Waals surface area contributed by atoms with Gasteiger partial charge in [-0.1, -0.05) is 54.1 Å². The summed E-state index contributed by atoms with van der Waals surface area (Å²) >= 11 is 0. The summed E-state index contributed by atoms with van der Waals surface area (Å²) in [6, 6.07) is 16.9. The van der Waals surface area contributed by atoms with Crippen molar-refractivity contribution in [2.24, 2.45) is 11.7 Å². The van der Waals surface area contributed by atoms with Crippen LogP contribution in [0.25, 0.3) is 0 Å². The quantitative estimate of drug-likeness (QED) is 0.909. The van der Waals surface area contributed by atoms with Crippen LogP contribution in [0.15, 0.2) is 48.5 Å². The van der Waals surface area contributed by atoms with E-state index in [-0.39, 0.29) is 5.91 Å². The number of benzene rings is 2. The first kappa shape index (κ1) is 17.7. The Morgan fingerprint density at radius 1 is 1.12 bits per heavy atom. The molecule has 2 aromatic carbocycles. The molecule has 0 radical (unpaired) electrons. The van der Waals surface area contributed by atoms with Crippen LogP contribution in [0.5, 0.6) is 0 Å². The number of hydrogen-bond acceptors (Lipinski definition) is 2. The minimum absolute atomic E-state index is 0.247. The number of carbonyl (C=O) groups excluding carboxylic acids is 1. The molecule has 0 spiro atoms. The van der Waals surface area contributed by atoms with Gasteiger partial charge >= 0.3 is 0 Å². The van der Waals surface area contributed by atoms with Gasteiger partial charge in [-0.3, -0.25) is 4.79 Å². The first-order chi connectivity index (χ1) is 12.1. The molecular formula is C22H28N2O. The maximum atomic E-state index is 12.7. The van der Waals surface area contributed by atoms with Gasteiger partial charge in [-0.2, -0.15) is 0 Å². The van der Waals surface area contributed by atoms with Gasteiger partial charge in [0.25, 0.3) is 0 Å². The van der Waals surface area contributed by atoms with E-state index in [0.29, 0.717) is 24.8 Å². The highest BCUT2D eigenvalue weighted by molar-refractivity contribution is 5.77. The number of nitrogens with zero attached hydrogens (tertiary/aromatic N) is 1. The summed E-state index contributed by atoms with van der Waals surface area (Å²) in [4.78, 5) is 14.7. The maximum Gasteiger partial charge on any atom is 0.222 e. The van der Waals surface area contributed by atoms with Gasteiger partial charge < -0.3 is 10.6 Å². The van der Waals surface area contributed by atoms with Crippen molar-refractivity contribution in [1.29, 1.82) is 0 Å². The number of amides is 1. The summed E-state index contributed by atoms with van der Waals surface area (Å²) < 4.78 is 0. The molecule has 1 heterocycles. The molecule has 0 aliphatic carbocycles. The van der Waals surface area contributed by atoms with Crippen LogP contribution in [0.3, 0.4) is 0 Å². The Hall–Kier alpha value is -2.13. The molecule has 2 N–H and O–H groups in total. The molecule has 1 aliphatic rings. The molecule has 1 aliphatic heterocycles. The van der Waals surface area contributed by atoms with Crippen molar-refractivity contribution < 1.29 is 4.79 Å². The highest BCUT2D eigenvalue weighted by atomic mass is 16.2. The molecule has 3 heteroatoms. The zero-order chi connectivity index (χ0) is 17.8. The number of hydrogen-bond donors (Lipinski definition) is 1. The van der Waals surface area contributed by atoms with Crippen molar-refractivity contribution in [2.45, 2.75) is 32.6 Å². The van der Waals surface area contributed by atoms with E-state index < -0.39 is 0 Å². The average Bonchev–Trinajstić information content (AvgIpc) is 3.06. The number of aryl methyl sites for hydroxylation is 3. The lowest BCUT2D eigenvalue weighted by Gasteiger charge is -2.17. The van der Waals surface area contributed by atoms with E-state index in [4.69, 9.17) is 5.73 Å². The van der Waals surface area contributed by atoms with Crippen LogP contribution in [0.2, 0.25) is 0 Å². The van der Waals surface area contributed by atoms with E-state index in [1.807, 2.05) is 11.0 Å². The fourth-order valence-corrected chi connectivity index (χ4v) is 3.92. The smallest absolute Gasteiger partial charge is 0.222 e. The standard InChI is InChI=1S/C22H28N2O/c1-16-8-9-18(17(2)12-16)10-11-22(25)24-14-20(13-23)21(15-24)19-6-4-3-5-7-19/h3-9,12,20-21H,10-11,13-15,23H2,1-2H3/t20-,21+/m1/s1. The first-order valence-electron chi connectivity index (χ1n) is 9.17. The Morgan fingerprint density at radius 3 is 2.56 bits per heavy atom. The Bertz CT molecular complexity index is 726. The van der Waals surface area contributed by atoms with Crippen molar-refractivity contribution in [1.82, 2.24) is 4.90 Å². The predicted molar refractivity (Wildman–Crippen MR) is 103 cm³/mol. The van der Waals surface area contributed by atoms with E-state index in [9.17, 15) is 4.79 Å².